The molecule has 2 bridgehead atoms. The van der Waals surface area contributed by atoms with Crippen molar-refractivity contribution in [1.82, 2.24) is 0 Å². The molecule has 2 aliphatic carbocycles. The van der Waals surface area contributed by atoms with Crippen molar-refractivity contribution >= 4 is 5.78 Å². The first-order valence-corrected chi connectivity index (χ1v) is 4.37. The first-order chi connectivity index (χ1) is 5.74. The van der Waals surface area contributed by atoms with E-state index >= 15 is 0 Å². The molecule has 0 heterocycles. The summed E-state index contributed by atoms with van der Waals surface area (Å²) in [7, 11) is 3.26. The van der Waals surface area contributed by atoms with Gasteiger partial charge in [0.2, 0.25) is 0 Å². The highest BCUT2D eigenvalue weighted by Gasteiger charge is 2.60. The Morgan fingerprint density at radius 2 is 2.00 bits per heavy atom. The van der Waals surface area contributed by atoms with Crippen molar-refractivity contribution in [3.05, 3.63) is 0 Å². The van der Waals surface area contributed by atoms with Crippen LogP contribution in [0.5, 0.6) is 0 Å². The molecule has 2 aliphatic rings. The molecule has 0 saturated heterocycles. The molecule has 0 radical (unpaired) electrons. The quantitative estimate of drug-likeness (QED) is 0.579. The first kappa shape index (κ1) is 8.20. The van der Waals surface area contributed by atoms with Crippen molar-refractivity contribution in [3.63, 3.8) is 0 Å². The monoisotopic (exact) mass is 170 g/mol. The fraction of sp³-hybridized carbons (Fsp3) is 0.889. The lowest BCUT2D eigenvalue weighted by Gasteiger charge is -2.30. The van der Waals surface area contributed by atoms with Gasteiger partial charge in [0.25, 0.3) is 0 Å². The Morgan fingerprint density at radius 3 is 2.25 bits per heavy atom. The van der Waals surface area contributed by atoms with Crippen molar-refractivity contribution < 1.29 is 14.3 Å². The van der Waals surface area contributed by atoms with Crippen molar-refractivity contribution in [2.24, 2.45) is 11.8 Å². The summed E-state index contributed by atoms with van der Waals surface area (Å²) < 4.78 is 10.7. The molecule has 2 unspecified atom stereocenters. The summed E-state index contributed by atoms with van der Waals surface area (Å²) >= 11 is 0. The molecule has 12 heavy (non-hydrogen) atoms. The highest BCUT2D eigenvalue weighted by Crippen LogP contribution is 2.52. The van der Waals surface area contributed by atoms with E-state index in [1.54, 1.807) is 14.2 Å². The zero-order chi connectivity index (χ0) is 8.77. The van der Waals surface area contributed by atoms with Gasteiger partial charge >= 0.3 is 0 Å². The van der Waals surface area contributed by atoms with Gasteiger partial charge in [0, 0.05) is 26.6 Å². The highest BCUT2D eigenvalue weighted by molar-refractivity contribution is 5.86. The summed E-state index contributed by atoms with van der Waals surface area (Å²) in [6.07, 6.45) is 2.65. The van der Waals surface area contributed by atoms with E-state index in [9.17, 15) is 4.79 Å². The summed E-state index contributed by atoms with van der Waals surface area (Å²) in [5.74, 6) is 0.0364. The highest BCUT2D eigenvalue weighted by atomic mass is 16.7. The second-order valence-electron chi connectivity index (χ2n) is 3.63. The van der Waals surface area contributed by atoms with Gasteiger partial charge < -0.3 is 9.47 Å². The fourth-order valence-electron chi connectivity index (χ4n) is 2.77. The second kappa shape index (κ2) is 2.54. The molecule has 3 heteroatoms. The molecule has 0 amide bonds. The van der Waals surface area contributed by atoms with Gasteiger partial charge in [-0.3, -0.25) is 4.79 Å². The van der Waals surface area contributed by atoms with Crippen LogP contribution in [-0.4, -0.2) is 25.8 Å². The number of hydrogen-bond acceptors (Lipinski definition) is 3. The summed E-state index contributed by atoms with van der Waals surface area (Å²) in [4.78, 5) is 11.4. The van der Waals surface area contributed by atoms with E-state index in [0.717, 1.165) is 12.8 Å². The second-order valence-corrected chi connectivity index (χ2v) is 3.63. The number of carbonyl (C=O) groups is 1. The molecule has 0 aromatic rings. The standard InChI is InChI=1S/C9H14O3/c1-11-9(12-2)6-3-4-7(9)8(10)5-6/h6-7H,3-5H2,1-2H3. The van der Waals surface area contributed by atoms with Crippen molar-refractivity contribution in [1.29, 1.82) is 0 Å². The molecule has 0 aromatic carbocycles. The van der Waals surface area contributed by atoms with E-state index in [1.807, 2.05) is 0 Å². The van der Waals surface area contributed by atoms with Crippen molar-refractivity contribution in [2.75, 3.05) is 14.2 Å². The van der Waals surface area contributed by atoms with Crippen LogP contribution in [0.2, 0.25) is 0 Å². The lowest BCUT2D eigenvalue weighted by atomic mass is 10.00. The number of rotatable bonds is 2. The van der Waals surface area contributed by atoms with Gasteiger partial charge in [-0.15, -0.1) is 0 Å². The molecule has 0 aliphatic heterocycles. The maximum absolute atomic E-state index is 11.4. The molecule has 2 fully saturated rings. The van der Waals surface area contributed by atoms with E-state index in [-0.39, 0.29) is 5.92 Å². The van der Waals surface area contributed by atoms with Crippen LogP contribution in [0, 0.1) is 11.8 Å². The van der Waals surface area contributed by atoms with E-state index in [4.69, 9.17) is 9.47 Å². The largest absolute Gasteiger partial charge is 0.352 e. The Labute approximate surface area is 72.0 Å². The van der Waals surface area contributed by atoms with Gasteiger partial charge in [0.05, 0.1) is 5.92 Å². The summed E-state index contributed by atoms with van der Waals surface area (Å²) in [5.41, 5.74) is 0. The van der Waals surface area contributed by atoms with Crippen LogP contribution < -0.4 is 0 Å². The minimum Gasteiger partial charge on any atom is -0.352 e. The van der Waals surface area contributed by atoms with Crippen molar-refractivity contribution in [2.45, 2.75) is 25.0 Å². The third-order valence-electron chi connectivity index (χ3n) is 3.33. The Balaban J connectivity index is 2.32. The normalized spacial score (nSPS) is 37.7. The minimum atomic E-state index is -0.572. The van der Waals surface area contributed by atoms with Gasteiger partial charge in [0.15, 0.2) is 5.79 Å². The number of ketones is 1. The molecular weight excluding hydrogens is 156 g/mol. The van der Waals surface area contributed by atoms with Crippen LogP contribution in [-0.2, 0) is 14.3 Å². The molecule has 3 nitrogen and oxygen atoms in total. The molecule has 0 N–H and O–H groups in total. The lowest BCUT2D eigenvalue weighted by molar-refractivity contribution is -0.233. The fourth-order valence-corrected chi connectivity index (χ4v) is 2.77. The van der Waals surface area contributed by atoms with Crippen molar-refractivity contribution in [3.8, 4) is 0 Å². The van der Waals surface area contributed by atoms with Gasteiger partial charge in [-0.1, -0.05) is 0 Å². The average molecular weight is 170 g/mol. The third-order valence-corrected chi connectivity index (χ3v) is 3.33. The summed E-state index contributed by atoms with van der Waals surface area (Å²) in [5, 5.41) is 0. The van der Waals surface area contributed by atoms with Crippen LogP contribution in [0.3, 0.4) is 0 Å². The number of Topliss-reactive ketones (excluding diaryl/α,β-unsaturated/α-hetero) is 1. The van der Waals surface area contributed by atoms with Crippen LogP contribution in [0.25, 0.3) is 0 Å². The molecule has 0 aromatic heterocycles. The predicted molar refractivity (Wildman–Crippen MR) is 42.6 cm³/mol. The zero-order valence-electron chi connectivity index (χ0n) is 7.50. The van der Waals surface area contributed by atoms with Crippen LogP contribution in [0.4, 0.5) is 0 Å². The lowest BCUT2D eigenvalue weighted by Crippen LogP contribution is -2.39. The molecular formula is C9H14O3. The molecule has 68 valence electrons. The zero-order valence-corrected chi connectivity index (χ0v) is 7.50. The van der Waals surface area contributed by atoms with Crippen LogP contribution in [0.1, 0.15) is 19.3 Å². The average Bonchev–Trinajstić information content (AvgIpc) is 2.56. The van der Waals surface area contributed by atoms with Crippen LogP contribution >= 0.6 is 0 Å². The minimum absolute atomic E-state index is 0.00231. The summed E-state index contributed by atoms with van der Waals surface area (Å²) in [6.45, 7) is 0. The SMILES string of the molecule is COC1(OC)C2CCC1C(=O)C2. The first-order valence-electron chi connectivity index (χ1n) is 4.37. The molecule has 2 atom stereocenters. The molecule has 0 spiro atoms. The Morgan fingerprint density at radius 1 is 1.33 bits per heavy atom. The van der Waals surface area contributed by atoms with Gasteiger partial charge in [-0.2, -0.15) is 0 Å². The number of fused-ring (bicyclic) bond motifs is 2. The van der Waals surface area contributed by atoms with Gasteiger partial charge in [-0.05, 0) is 12.8 Å². The number of hydrogen-bond donors (Lipinski definition) is 0. The van der Waals surface area contributed by atoms with Gasteiger partial charge in [-0.25, -0.2) is 0 Å². The Kier molecular flexibility index (Phi) is 1.73. The smallest absolute Gasteiger partial charge is 0.180 e. The van der Waals surface area contributed by atoms with E-state index < -0.39 is 5.79 Å². The topological polar surface area (TPSA) is 35.5 Å². The van der Waals surface area contributed by atoms with E-state index in [1.165, 1.54) is 0 Å². The molecule has 2 rings (SSSR count). The maximum atomic E-state index is 11.4. The maximum Gasteiger partial charge on any atom is 0.180 e. The Hall–Kier alpha value is -0.410. The summed E-state index contributed by atoms with van der Waals surface area (Å²) in [6, 6.07) is 0. The van der Waals surface area contributed by atoms with E-state index in [0.29, 0.717) is 18.1 Å². The Bertz CT molecular complexity index is 208. The molecule has 2 saturated carbocycles. The van der Waals surface area contributed by atoms with Crippen LogP contribution in [0.15, 0.2) is 0 Å². The predicted octanol–water partition coefficient (Wildman–Crippen LogP) is 0.975. The van der Waals surface area contributed by atoms with E-state index in [2.05, 4.69) is 0 Å². The van der Waals surface area contributed by atoms with Gasteiger partial charge in [0.1, 0.15) is 5.78 Å². The third kappa shape index (κ3) is 0.756. The number of methoxy groups -OCH3 is 2. The number of carbonyl (C=O) groups excluding carboxylic acids is 1. The number of ether oxygens (including phenoxy) is 2.